The minimum absolute atomic E-state index is 0.210. The highest BCUT2D eigenvalue weighted by atomic mass is 19.1. The zero-order valence-electron chi connectivity index (χ0n) is 18.4. The molecule has 4 aromatic rings. The van der Waals surface area contributed by atoms with Crippen LogP contribution in [0.15, 0.2) is 42.5 Å². The van der Waals surface area contributed by atoms with E-state index in [1.807, 2.05) is 51.4 Å². The molecule has 0 aliphatic heterocycles. The fourth-order valence-electron chi connectivity index (χ4n) is 3.95. The van der Waals surface area contributed by atoms with Crippen molar-refractivity contribution >= 4 is 22.5 Å². The van der Waals surface area contributed by atoms with E-state index in [0.717, 1.165) is 39.0 Å². The van der Waals surface area contributed by atoms with E-state index in [1.54, 1.807) is 12.1 Å². The molecule has 31 heavy (non-hydrogen) atoms. The third-order valence-electron chi connectivity index (χ3n) is 5.55. The summed E-state index contributed by atoms with van der Waals surface area (Å²) in [6.07, 6.45) is 0. The molecule has 1 N–H and O–H groups in total. The van der Waals surface area contributed by atoms with Crippen LogP contribution in [0, 0.1) is 40.4 Å². The van der Waals surface area contributed by atoms with Crippen molar-refractivity contribution in [2.24, 2.45) is 0 Å². The van der Waals surface area contributed by atoms with Crippen LogP contribution in [0.25, 0.3) is 10.9 Å². The van der Waals surface area contributed by atoms with E-state index in [9.17, 15) is 9.18 Å². The largest absolute Gasteiger partial charge is 0.319 e. The Morgan fingerprint density at radius 3 is 2.42 bits per heavy atom. The maximum absolute atomic E-state index is 13.2. The van der Waals surface area contributed by atoms with Crippen LogP contribution < -0.4 is 5.32 Å². The van der Waals surface area contributed by atoms with Gasteiger partial charge in [0.15, 0.2) is 0 Å². The topological polar surface area (TPSA) is 59.8 Å². The van der Waals surface area contributed by atoms with Crippen molar-refractivity contribution in [2.45, 2.75) is 41.2 Å². The molecular formula is C25H25FN4O. The van der Waals surface area contributed by atoms with E-state index in [4.69, 9.17) is 0 Å². The van der Waals surface area contributed by atoms with Crippen LogP contribution in [0.5, 0.6) is 0 Å². The summed E-state index contributed by atoms with van der Waals surface area (Å²) < 4.78 is 15.0. The summed E-state index contributed by atoms with van der Waals surface area (Å²) in [5, 5.41) is 8.54. The van der Waals surface area contributed by atoms with E-state index in [-0.39, 0.29) is 11.7 Å². The van der Waals surface area contributed by atoms with Gasteiger partial charge in [0.05, 0.1) is 40.4 Å². The first-order valence-electron chi connectivity index (χ1n) is 10.2. The van der Waals surface area contributed by atoms with E-state index in [2.05, 4.69) is 21.5 Å². The van der Waals surface area contributed by atoms with Gasteiger partial charge in [-0.15, -0.1) is 0 Å². The second-order valence-electron chi connectivity index (χ2n) is 8.06. The molecule has 0 unspecified atom stereocenters. The van der Waals surface area contributed by atoms with Crippen LogP contribution in [0.4, 0.5) is 10.1 Å². The van der Waals surface area contributed by atoms with Crippen LogP contribution in [-0.4, -0.2) is 20.7 Å². The average Bonchev–Trinajstić information content (AvgIpc) is 2.97. The summed E-state index contributed by atoms with van der Waals surface area (Å²) in [5.41, 5.74) is 7.57. The smallest absolute Gasteiger partial charge is 0.257 e. The minimum atomic E-state index is -0.269. The van der Waals surface area contributed by atoms with E-state index in [1.165, 1.54) is 12.1 Å². The number of hydrogen-bond acceptors (Lipinski definition) is 3. The molecule has 5 nitrogen and oxygen atoms in total. The lowest BCUT2D eigenvalue weighted by Gasteiger charge is -2.11. The number of nitrogens with one attached hydrogen (secondary N) is 1. The fraction of sp³-hybridized carbons (Fsp3) is 0.240. The molecule has 0 spiro atoms. The van der Waals surface area contributed by atoms with E-state index >= 15 is 0 Å². The van der Waals surface area contributed by atoms with Crippen LogP contribution in [-0.2, 0) is 6.54 Å². The zero-order valence-corrected chi connectivity index (χ0v) is 18.4. The number of aryl methyl sites for hydroxylation is 4. The Kier molecular flexibility index (Phi) is 5.31. The molecule has 2 aromatic heterocycles. The molecule has 0 fully saturated rings. The maximum atomic E-state index is 13.2. The number of benzene rings is 2. The molecule has 0 radical (unpaired) electrons. The first-order chi connectivity index (χ1) is 14.7. The predicted molar refractivity (Wildman–Crippen MR) is 121 cm³/mol. The van der Waals surface area contributed by atoms with Crippen molar-refractivity contribution < 1.29 is 9.18 Å². The second kappa shape index (κ2) is 7.95. The summed E-state index contributed by atoms with van der Waals surface area (Å²) in [5.74, 6) is -0.478. The summed E-state index contributed by atoms with van der Waals surface area (Å²) in [6, 6.07) is 12.4. The minimum Gasteiger partial charge on any atom is -0.319 e. The third-order valence-corrected chi connectivity index (χ3v) is 5.55. The number of nitrogens with zero attached hydrogens (tertiary/aromatic N) is 3. The lowest BCUT2D eigenvalue weighted by molar-refractivity contribution is 0.102. The van der Waals surface area contributed by atoms with Crippen LogP contribution in [0.1, 0.15) is 44.1 Å². The van der Waals surface area contributed by atoms with Gasteiger partial charge in [-0.25, -0.2) is 4.39 Å². The average molecular weight is 417 g/mol. The summed E-state index contributed by atoms with van der Waals surface area (Å²) in [6.45, 7) is 10.2. The van der Waals surface area contributed by atoms with Gasteiger partial charge in [0, 0.05) is 5.39 Å². The number of pyridine rings is 1. The number of carbonyl (C=O) groups excluding carboxylic acids is 1. The van der Waals surface area contributed by atoms with Gasteiger partial charge in [-0.05, 0) is 70.0 Å². The molecule has 158 valence electrons. The molecule has 1 amide bonds. The lowest BCUT2D eigenvalue weighted by Crippen LogP contribution is -2.15. The van der Waals surface area contributed by atoms with E-state index < -0.39 is 0 Å². The molecule has 0 saturated carbocycles. The lowest BCUT2D eigenvalue weighted by atomic mass is 10.0. The summed E-state index contributed by atoms with van der Waals surface area (Å²) in [4.78, 5) is 17.8. The Labute approximate surface area is 180 Å². The standard InChI is InChI=1S/C25H25FN4O/c1-14-10-15(2)23-20(11-14)12-22(16(3)27-23)25(31)28-24-17(4)29-30(18(24)5)13-19-6-8-21(26)9-7-19/h6-12H,13H2,1-5H3,(H,28,31). The van der Waals surface area contributed by atoms with Crippen molar-refractivity contribution in [3.8, 4) is 0 Å². The number of anilines is 1. The van der Waals surface area contributed by atoms with Gasteiger partial charge in [0.25, 0.3) is 5.91 Å². The molecule has 6 heteroatoms. The summed E-state index contributed by atoms with van der Waals surface area (Å²) in [7, 11) is 0. The Morgan fingerprint density at radius 1 is 1.00 bits per heavy atom. The van der Waals surface area contributed by atoms with Crippen molar-refractivity contribution in [3.05, 3.63) is 87.6 Å². The first kappa shape index (κ1) is 20.7. The Hall–Kier alpha value is -3.54. The molecule has 4 rings (SSSR count). The number of hydrogen-bond donors (Lipinski definition) is 1. The van der Waals surface area contributed by atoms with Gasteiger partial charge in [0.2, 0.25) is 0 Å². The number of amides is 1. The van der Waals surface area contributed by atoms with Crippen molar-refractivity contribution in [1.29, 1.82) is 0 Å². The second-order valence-corrected chi connectivity index (χ2v) is 8.06. The monoisotopic (exact) mass is 416 g/mol. The number of halogens is 1. The molecule has 0 saturated heterocycles. The Bertz CT molecular complexity index is 1310. The SMILES string of the molecule is Cc1cc(C)c2nc(C)c(C(=O)Nc3c(C)nn(Cc4ccc(F)cc4)c3C)cc2c1. The Balaban J connectivity index is 1.63. The van der Waals surface area contributed by atoms with Gasteiger partial charge in [0.1, 0.15) is 5.82 Å². The van der Waals surface area contributed by atoms with Gasteiger partial charge >= 0.3 is 0 Å². The third kappa shape index (κ3) is 4.06. The highest BCUT2D eigenvalue weighted by Crippen LogP contribution is 2.25. The molecule has 0 aliphatic carbocycles. The normalized spacial score (nSPS) is 11.2. The Morgan fingerprint density at radius 2 is 1.71 bits per heavy atom. The summed E-state index contributed by atoms with van der Waals surface area (Å²) >= 11 is 0. The zero-order chi connectivity index (χ0) is 22.3. The number of rotatable bonds is 4. The van der Waals surface area contributed by atoms with Crippen molar-refractivity contribution in [2.75, 3.05) is 5.32 Å². The molecule has 0 bridgehead atoms. The van der Waals surface area contributed by atoms with Crippen molar-refractivity contribution in [1.82, 2.24) is 14.8 Å². The van der Waals surface area contributed by atoms with Gasteiger partial charge in [-0.1, -0.05) is 23.8 Å². The highest BCUT2D eigenvalue weighted by Gasteiger charge is 2.18. The molecule has 2 heterocycles. The van der Waals surface area contributed by atoms with Gasteiger partial charge in [-0.2, -0.15) is 5.10 Å². The van der Waals surface area contributed by atoms with E-state index in [0.29, 0.717) is 23.5 Å². The van der Waals surface area contributed by atoms with Crippen LogP contribution in [0.2, 0.25) is 0 Å². The number of fused-ring (bicyclic) bond motifs is 1. The molecule has 2 aromatic carbocycles. The molecular weight excluding hydrogens is 391 g/mol. The number of aromatic nitrogens is 3. The fourth-order valence-corrected chi connectivity index (χ4v) is 3.95. The number of carbonyl (C=O) groups is 1. The highest BCUT2D eigenvalue weighted by molar-refractivity contribution is 6.07. The van der Waals surface area contributed by atoms with Crippen LogP contribution in [0.3, 0.4) is 0 Å². The van der Waals surface area contributed by atoms with Crippen molar-refractivity contribution in [3.63, 3.8) is 0 Å². The quantitative estimate of drug-likeness (QED) is 0.484. The molecule has 0 atom stereocenters. The first-order valence-corrected chi connectivity index (χ1v) is 10.2. The van der Waals surface area contributed by atoms with Gasteiger partial charge < -0.3 is 5.32 Å². The maximum Gasteiger partial charge on any atom is 0.257 e. The van der Waals surface area contributed by atoms with Crippen LogP contribution >= 0.6 is 0 Å². The predicted octanol–water partition coefficient (Wildman–Crippen LogP) is 5.41. The van der Waals surface area contributed by atoms with Gasteiger partial charge in [-0.3, -0.25) is 14.5 Å². The molecule has 0 aliphatic rings.